The number of aliphatic hydroxyl groups excluding tert-OH is 2. The summed E-state index contributed by atoms with van der Waals surface area (Å²) in [5.41, 5.74) is 8.90. The van der Waals surface area contributed by atoms with Gasteiger partial charge in [-0.3, -0.25) is 0 Å². The maximum atomic E-state index is 12.0. The monoisotopic (exact) mass is 558 g/mol. The summed E-state index contributed by atoms with van der Waals surface area (Å²) in [4.78, 5) is 12.0. The number of nitrogens with one attached hydrogen (secondary N) is 1. The van der Waals surface area contributed by atoms with Crippen LogP contribution in [-0.4, -0.2) is 33.5 Å². The summed E-state index contributed by atoms with van der Waals surface area (Å²) in [6, 6.07) is 32.1. The van der Waals surface area contributed by atoms with Crippen molar-refractivity contribution in [1.82, 2.24) is 5.32 Å². The molecule has 0 radical (unpaired) electrons. The first-order valence-corrected chi connectivity index (χ1v) is 13.4. The summed E-state index contributed by atoms with van der Waals surface area (Å²) in [6.45, 7) is 4.13. The second kappa shape index (κ2) is 16.0. The number of carbonyl (C=O) groups excluding carboxylic acids is 1. The third-order valence-corrected chi connectivity index (χ3v) is 6.23. The fourth-order valence-electron chi connectivity index (χ4n) is 3.80. The third-order valence-electron chi connectivity index (χ3n) is 6.23. The molecule has 4 rings (SSSR count). The summed E-state index contributed by atoms with van der Waals surface area (Å²) in [5.74, 6) is 0.906. The molecule has 0 bridgehead atoms. The molecule has 216 valence electrons. The standard InChI is InChI=1S/C24H25NO4.C9H13NO2/c1-18(25-24(27)29-17-20-10-6-3-7-11-20)23(26)21-12-14-22(15-13-21)28-16-19-8-4-2-5-9-19;1-6(10)9(12)7-2-4-8(11)5-3-7/h2-15,18,23,26H,16-17H2,1H3,(H,25,27);2-6,9,11-12H,10H2,1H3/t18-,23-;6-,9-/m00/s1. The average molecular weight is 559 g/mol. The molecule has 0 heterocycles. The predicted octanol–water partition coefficient (Wildman–Crippen LogP) is 5.39. The van der Waals surface area contributed by atoms with Crippen LogP contribution in [0.2, 0.25) is 0 Å². The normalized spacial score (nSPS) is 13.5. The van der Waals surface area contributed by atoms with Gasteiger partial charge in [0.1, 0.15) is 24.7 Å². The van der Waals surface area contributed by atoms with E-state index in [0.29, 0.717) is 17.9 Å². The largest absolute Gasteiger partial charge is 0.508 e. The Kier molecular flexibility index (Phi) is 12.2. The highest BCUT2D eigenvalue weighted by atomic mass is 16.5. The van der Waals surface area contributed by atoms with E-state index in [1.165, 1.54) is 12.1 Å². The molecule has 0 saturated carbocycles. The molecule has 0 aromatic heterocycles. The second-order valence-electron chi connectivity index (χ2n) is 9.68. The van der Waals surface area contributed by atoms with Crippen LogP contribution in [-0.2, 0) is 18.0 Å². The SMILES string of the molecule is C[C@H](N)[C@H](O)c1ccc(O)cc1.C[C@H](NC(=O)OCc1ccccc1)[C@H](O)c1ccc(OCc2ccccc2)cc1. The van der Waals surface area contributed by atoms with Crippen LogP contribution in [0.25, 0.3) is 0 Å². The van der Waals surface area contributed by atoms with Crippen LogP contribution in [0, 0.1) is 0 Å². The first kappa shape index (κ1) is 31.2. The van der Waals surface area contributed by atoms with Gasteiger partial charge in [-0.25, -0.2) is 4.79 Å². The van der Waals surface area contributed by atoms with Gasteiger partial charge < -0.3 is 35.8 Å². The lowest BCUT2D eigenvalue weighted by molar-refractivity contribution is 0.106. The number of alkyl carbamates (subject to hydrolysis) is 1. The number of carbonyl (C=O) groups is 1. The Morgan fingerprint density at radius 3 is 1.76 bits per heavy atom. The van der Waals surface area contributed by atoms with E-state index >= 15 is 0 Å². The van der Waals surface area contributed by atoms with E-state index in [1.807, 2.05) is 72.8 Å². The van der Waals surface area contributed by atoms with Crippen molar-refractivity contribution in [2.45, 2.75) is 51.4 Å². The zero-order valence-corrected chi connectivity index (χ0v) is 23.3. The van der Waals surface area contributed by atoms with E-state index in [9.17, 15) is 15.0 Å². The molecule has 0 spiro atoms. The Morgan fingerprint density at radius 2 is 1.22 bits per heavy atom. The zero-order valence-electron chi connectivity index (χ0n) is 23.3. The highest BCUT2D eigenvalue weighted by Gasteiger charge is 2.19. The molecule has 0 aliphatic carbocycles. The molecule has 4 atom stereocenters. The number of phenols is 1. The fraction of sp³-hybridized carbons (Fsp3) is 0.242. The summed E-state index contributed by atoms with van der Waals surface area (Å²) >= 11 is 0. The highest BCUT2D eigenvalue weighted by molar-refractivity contribution is 5.67. The summed E-state index contributed by atoms with van der Waals surface area (Å²) < 4.78 is 11.0. The van der Waals surface area contributed by atoms with Crippen LogP contribution >= 0.6 is 0 Å². The van der Waals surface area contributed by atoms with Crippen LogP contribution < -0.4 is 15.8 Å². The smallest absolute Gasteiger partial charge is 0.407 e. The van der Waals surface area contributed by atoms with E-state index in [1.54, 1.807) is 38.1 Å². The predicted molar refractivity (Wildman–Crippen MR) is 158 cm³/mol. The van der Waals surface area contributed by atoms with Crippen molar-refractivity contribution in [3.63, 3.8) is 0 Å². The van der Waals surface area contributed by atoms with Gasteiger partial charge in [-0.1, -0.05) is 84.9 Å². The lowest BCUT2D eigenvalue weighted by Crippen LogP contribution is -2.37. The quantitative estimate of drug-likeness (QED) is 0.176. The topological polar surface area (TPSA) is 134 Å². The number of benzene rings is 4. The van der Waals surface area contributed by atoms with E-state index in [4.69, 9.17) is 20.3 Å². The van der Waals surface area contributed by atoms with Crippen molar-refractivity contribution in [3.05, 3.63) is 131 Å². The minimum absolute atomic E-state index is 0.183. The van der Waals surface area contributed by atoms with Gasteiger partial charge in [0.05, 0.1) is 18.2 Å². The lowest BCUT2D eigenvalue weighted by Gasteiger charge is -2.20. The molecule has 0 unspecified atom stereocenters. The number of rotatable bonds is 10. The molecule has 8 nitrogen and oxygen atoms in total. The Bertz CT molecular complexity index is 1300. The Morgan fingerprint density at radius 1 is 0.732 bits per heavy atom. The Balaban J connectivity index is 0.000000322. The molecule has 8 heteroatoms. The highest BCUT2D eigenvalue weighted by Crippen LogP contribution is 2.21. The van der Waals surface area contributed by atoms with Crippen molar-refractivity contribution in [3.8, 4) is 11.5 Å². The molecule has 0 aliphatic rings. The van der Waals surface area contributed by atoms with Gasteiger partial charge in [-0.15, -0.1) is 0 Å². The molecule has 6 N–H and O–H groups in total. The van der Waals surface area contributed by atoms with Gasteiger partial charge in [-0.2, -0.15) is 0 Å². The van der Waals surface area contributed by atoms with Crippen molar-refractivity contribution in [2.24, 2.45) is 5.73 Å². The van der Waals surface area contributed by atoms with E-state index in [2.05, 4.69) is 5.32 Å². The molecule has 0 aliphatic heterocycles. The minimum atomic E-state index is -0.859. The van der Waals surface area contributed by atoms with Crippen LogP contribution in [0.1, 0.15) is 48.3 Å². The van der Waals surface area contributed by atoms with Crippen molar-refractivity contribution in [1.29, 1.82) is 0 Å². The molecule has 0 saturated heterocycles. The van der Waals surface area contributed by atoms with E-state index < -0.39 is 24.3 Å². The summed E-state index contributed by atoms with van der Waals surface area (Å²) in [6.07, 6.45) is -2.09. The third kappa shape index (κ3) is 10.6. The van der Waals surface area contributed by atoms with Crippen LogP contribution in [0.4, 0.5) is 4.79 Å². The summed E-state index contributed by atoms with van der Waals surface area (Å²) in [5, 5.41) is 31.6. The Labute approximate surface area is 241 Å². The number of hydrogen-bond donors (Lipinski definition) is 5. The van der Waals surface area contributed by atoms with Gasteiger partial charge >= 0.3 is 6.09 Å². The molecule has 4 aromatic carbocycles. The van der Waals surface area contributed by atoms with Gasteiger partial charge in [0, 0.05) is 6.04 Å². The number of ether oxygens (including phenoxy) is 2. The number of amides is 1. The van der Waals surface area contributed by atoms with Gasteiger partial charge in [0.15, 0.2) is 0 Å². The number of hydrogen-bond acceptors (Lipinski definition) is 7. The van der Waals surface area contributed by atoms with Crippen LogP contribution in [0.3, 0.4) is 0 Å². The average Bonchev–Trinajstić information content (AvgIpc) is 3.00. The van der Waals surface area contributed by atoms with E-state index in [0.717, 1.165) is 16.7 Å². The number of phenolic OH excluding ortho intramolecular Hbond substituents is 1. The molecule has 4 aromatic rings. The molecular weight excluding hydrogens is 520 g/mol. The molecule has 1 amide bonds. The van der Waals surface area contributed by atoms with Crippen molar-refractivity contribution >= 4 is 6.09 Å². The second-order valence-corrected chi connectivity index (χ2v) is 9.68. The molecular formula is C33H38N2O6. The van der Waals surface area contributed by atoms with Gasteiger partial charge in [0.25, 0.3) is 0 Å². The van der Waals surface area contributed by atoms with E-state index in [-0.39, 0.29) is 18.4 Å². The number of aliphatic hydroxyl groups is 2. The molecule has 0 fully saturated rings. The minimum Gasteiger partial charge on any atom is -0.508 e. The van der Waals surface area contributed by atoms with Crippen LogP contribution in [0.5, 0.6) is 11.5 Å². The first-order valence-electron chi connectivity index (χ1n) is 13.4. The lowest BCUT2D eigenvalue weighted by atomic mass is 10.0. The van der Waals surface area contributed by atoms with Crippen LogP contribution in [0.15, 0.2) is 109 Å². The van der Waals surface area contributed by atoms with Gasteiger partial charge in [0.2, 0.25) is 0 Å². The first-order chi connectivity index (χ1) is 19.7. The number of nitrogens with two attached hydrogens (primary N) is 1. The van der Waals surface area contributed by atoms with Crippen molar-refractivity contribution < 1.29 is 29.6 Å². The zero-order chi connectivity index (χ0) is 29.6. The number of aromatic hydroxyl groups is 1. The van der Waals surface area contributed by atoms with Gasteiger partial charge in [-0.05, 0) is 60.4 Å². The molecule has 41 heavy (non-hydrogen) atoms. The summed E-state index contributed by atoms with van der Waals surface area (Å²) in [7, 11) is 0. The maximum Gasteiger partial charge on any atom is 0.407 e. The maximum absolute atomic E-state index is 12.0. The fourth-order valence-corrected chi connectivity index (χ4v) is 3.80. The Hall–Kier alpha value is -4.37. The van der Waals surface area contributed by atoms with Crippen molar-refractivity contribution in [2.75, 3.05) is 0 Å².